The number of piperidine rings is 1. The molecule has 2 aliphatic carbocycles. The monoisotopic (exact) mass is 468 g/mol. The molecule has 0 bridgehead atoms. The maximum Gasteiger partial charge on any atom is 0.232 e. The van der Waals surface area contributed by atoms with Gasteiger partial charge in [0.15, 0.2) is 11.4 Å². The third-order valence-corrected chi connectivity index (χ3v) is 8.41. The maximum atomic E-state index is 6.25. The van der Waals surface area contributed by atoms with Crippen molar-refractivity contribution in [3.63, 3.8) is 0 Å². The standard InChI is InChI=1S/C26H26N7S/c1-28-19-6-3-5-15-16(19)10-21-23(15)25(33-12-17-18(13-33)24(17)27)31-26(30-21)34-14-9-22-20(29-11-14)7-4-8-32(22)2/h3-9,11,17-18,24,28H,10,12-13,27H2,1-2H3/q+1. The SMILES string of the molecule is CNc1cccc2c1Cc1nc(Sc3cnc4ccc[n+](C)c4c3)nc(N3CC4C(N)C4C3)c1-2. The summed E-state index contributed by atoms with van der Waals surface area (Å²) < 4.78 is 2.09. The molecule has 0 radical (unpaired) electrons. The van der Waals surface area contributed by atoms with Gasteiger partial charge >= 0.3 is 0 Å². The van der Waals surface area contributed by atoms with Gasteiger partial charge in [-0.25, -0.2) is 15.0 Å². The van der Waals surface area contributed by atoms with E-state index in [2.05, 4.69) is 44.0 Å². The predicted molar refractivity (Wildman–Crippen MR) is 134 cm³/mol. The molecule has 34 heavy (non-hydrogen) atoms. The van der Waals surface area contributed by atoms with Gasteiger partial charge in [-0.05, 0) is 46.9 Å². The lowest BCUT2D eigenvalue weighted by molar-refractivity contribution is -0.645. The first-order valence-electron chi connectivity index (χ1n) is 11.7. The summed E-state index contributed by atoms with van der Waals surface area (Å²) in [6, 6.07) is 13.0. The van der Waals surface area contributed by atoms with Crippen LogP contribution < -0.4 is 20.5 Å². The zero-order chi connectivity index (χ0) is 23.0. The van der Waals surface area contributed by atoms with Crippen LogP contribution in [0.4, 0.5) is 11.5 Å². The molecule has 4 aromatic rings. The van der Waals surface area contributed by atoms with Crippen LogP contribution in [0.2, 0.25) is 0 Å². The number of fused-ring (bicyclic) bond motifs is 5. The average molecular weight is 469 g/mol. The van der Waals surface area contributed by atoms with Gasteiger partial charge in [0.1, 0.15) is 18.4 Å². The lowest BCUT2D eigenvalue weighted by atomic mass is 10.1. The summed E-state index contributed by atoms with van der Waals surface area (Å²) in [4.78, 5) is 18.3. The second kappa shape index (κ2) is 7.38. The molecule has 2 unspecified atom stereocenters. The summed E-state index contributed by atoms with van der Waals surface area (Å²) >= 11 is 1.59. The van der Waals surface area contributed by atoms with E-state index >= 15 is 0 Å². The van der Waals surface area contributed by atoms with Gasteiger partial charge < -0.3 is 16.0 Å². The Kier molecular flexibility index (Phi) is 4.38. The van der Waals surface area contributed by atoms with E-state index in [4.69, 9.17) is 15.7 Å². The highest BCUT2D eigenvalue weighted by Crippen LogP contribution is 2.50. The number of aromatic nitrogens is 4. The van der Waals surface area contributed by atoms with Crippen molar-refractivity contribution in [2.45, 2.75) is 22.5 Å². The number of hydrogen-bond donors (Lipinski definition) is 2. The number of hydrogen-bond acceptors (Lipinski definition) is 7. The molecule has 1 saturated carbocycles. The highest BCUT2D eigenvalue weighted by Gasteiger charge is 2.54. The minimum Gasteiger partial charge on any atom is -0.388 e. The molecule has 0 spiro atoms. The van der Waals surface area contributed by atoms with Crippen molar-refractivity contribution in [2.24, 2.45) is 24.6 Å². The summed E-state index contributed by atoms with van der Waals surface area (Å²) in [5.41, 5.74) is 14.3. The van der Waals surface area contributed by atoms with E-state index in [0.29, 0.717) is 17.9 Å². The highest BCUT2D eigenvalue weighted by molar-refractivity contribution is 7.99. The number of pyridine rings is 2. The van der Waals surface area contributed by atoms with Gasteiger partial charge in [-0.1, -0.05) is 12.1 Å². The summed E-state index contributed by atoms with van der Waals surface area (Å²) in [7, 11) is 4.02. The fourth-order valence-corrected chi connectivity index (χ4v) is 6.44. The van der Waals surface area contributed by atoms with Crippen molar-refractivity contribution in [2.75, 3.05) is 30.4 Å². The topological polar surface area (TPSA) is 83.8 Å². The fraction of sp³-hybridized carbons (Fsp3) is 0.308. The lowest BCUT2D eigenvalue weighted by Gasteiger charge is -2.23. The number of aryl methyl sites for hydroxylation is 1. The quantitative estimate of drug-likeness (QED) is 0.310. The molecule has 8 heteroatoms. The zero-order valence-corrected chi connectivity index (χ0v) is 20.0. The molecule has 3 aliphatic rings. The van der Waals surface area contributed by atoms with Crippen LogP contribution in [-0.2, 0) is 13.5 Å². The van der Waals surface area contributed by atoms with Crippen LogP contribution >= 0.6 is 11.8 Å². The molecule has 170 valence electrons. The van der Waals surface area contributed by atoms with Gasteiger partial charge in [-0.3, -0.25) is 0 Å². The first-order valence-corrected chi connectivity index (χ1v) is 12.6. The minimum absolute atomic E-state index is 0.354. The molecule has 0 amide bonds. The zero-order valence-electron chi connectivity index (χ0n) is 19.2. The Morgan fingerprint density at radius 2 is 2.00 bits per heavy atom. The second-order valence-corrected chi connectivity index (χ2v) is 10.6. The highest BCUT2D eigenvalue weighted by atomic mass is 32.2. The summed E-state index contributed by atoms with van der Waals surface area (Å²) in [5, 5.41) is 4.13. The predicted octanol–water partition coefficient (Wildman–Crippen LogP) is 3.01. The van der Waals surface area contributed by atoms with Crippen molar-refractivity contribution in [3.05, 3.63) is 60.0 Å². The molecule has 1 saturated heterocycles. The first-order chi connectivity index (χ1) is 16.6. The Bertz CT molecular complexity index is 1460. The van der Waals surface area contributed by atoms with Crippen LogP contribution in [0.25, 0.3) is 22.2 Å². The maximum absolute atomic E-state index is 6.25. The van der Waals surface area contributed by atoms with Gasteiger partial charge in [0.2, 0.25) is 5.52 Å². The molecule has 2 fully saturated rings. The van der Waals surface area contributed by atoms with Crippen LogP contribution in [0.3, 0.4) is 0 Å². The van der Waals surface area contributed by atoms with E-state index in [-0.39, 0.29) is 0 Å². The summed E-state index contributed by atoms with van der Waals surface area (Å²) in [6.07, 6.45) is 4.78. The van der Waals surface area contributed by atoms with Crippen LogP contribution in [0.15, 0.2) is 58.8 Å². The Hall–Kier alpha value is -3.23. The molecule has 1 aromatic carbocycles. The van der Waals surface area contributed by atoms with E-state index in [1.54, 1.807) is 11.8 Å². The van der Waals surface area contributed by atoms with E-state index in [1.165, 1.54) is 16.7 Å². The van der Waals surface area contributed by atoms with Crippen LogP contribution in [0, 0.1) is 11.8 Å². The van der Waals surface area contributed by atoms with Crippen LogP contribution in [0.5, 0.6) is 0 Å². The van der Waals surface area contributed by atoms with E-state index < -0.39 is 0 Å². The number of benzene rings is 1. The van der Waals surface area contributed by atoms with Crippen LogP contribution in [0.1, 0.15) is 11.3 Å². The fourth-order valence-electron chi connectivity index (χ4n) is 5.67. The largest absolute Gasteiger partial charge is 0.388 e. The third-order valence-electron chi connectivity index (χ3n) is 7.59. The molecular weight excluding hydrogens is 442 g/mol. The van der Waals surface area contributed by atoms with Crippen molar-refractivity contribution < 1.29 is 4.57 Å². The first kappa shape index (κ1) is 20.2. The molecule has 4 heterocycles. The van der Waals surface area contributed by atoms with Crippen molar-refractivity contribution in [3.8, 4) is 11.1 Å². The van der Waals surface area contributed by atoms with Gasteiger partial charge in [0.25, 0.3) is 0 Å². The number of nitrogens with one attached hydrogen (secondary N) is 1. The molecule has 7 rings (SSSR count). The third kappa shape index (κ3) is 3.02. The van der Waals surface area contributed by atoms with Gasteiger partial charge in [-0.15, -0.1) is 0 Å². The minimum atomic E-state index is 0.354. The Morgan fingerprint density at radius 3 is 2.82 bits per heavy atom. The lowest BCUT2D eigenvalue weighted by Crippen LogP contribution is -2.29. The van der Waals surface area contributed by atoms with Gasteiger partial charge in [0.05, 0.1) is 5.69 Å². The second-order valence-electron chi connectivity index (χ2n) is 9.52. The van der Waals surface area contributed by atoms with Crippen molar-refractivity contribution in [1.82, 2.24) is 15.0 Å². The smallest absolute Gasteiger partial charge is 0.232 e. The van der Waals surface area contributed by atoms with Gasteiger partial charge in [0, 0.05) is 67.1 Å². The summed E-state index contributed by atoms with van der Waals surface area (Å²) in [5.74, 6) is 2.24. The normalized spacial score (nSPS) is 22.0. The van der Waals surface area contributed by atoms with E-state index in [1.807, 2.05) is 38.6 Å². The Labute approximate surface area is 202 Å². The molecule has 3 aromatic heterocycles. The number of anilines is 2. The van der Waals surface area contributed by atoms with Crippen LogP contribution in [-0.4, -0.2) is 41.1 Å². The van der Waals surface area contributed by atoms with Crippen molar-refractivity contribution in [1.29, 1.82) is 0 Å². The molecule has 1 aliphatic heterocycles. The number of nitrogens with zero attached hydrogens (tertiary/aromatic N) is 5. The molecule has 3 N–H and O–H groups in total. The van der Waals surface area contributed by atoms with Gasteiger partial charge in [-0.2, -0.15) is 4.57 Å². The van der Waals surface area contributed by atoms with Crippen molar-refractivity contribution >= 4 is 34.3 Å². The average Bonchev–Trinajstić information content (AvgIpc) is 3.20. The van der Waals surface area contributed by atoms with E-state index in [9.17, 15) is 0 Å². The molecule has 2 atom stereocenters. The summed E-state index contributed by atoms with van der Waals surface area (Å²) in [6.45, 7) is 1.96. The molecular formula is C26H26N7S+. The Morgan fingerprint density at radius 1 is 1.15 bits per heavy atom. The number of nitrogens with two attached hydrogens (primary N) is 1. The molecule has 7 nitrogen and oxygen atoms in total. The van der Waals surface area contributed by atoms with E-state index in [0.717, 1.165) is 57.8 Å². The number of rotatable bonds is 4. The Balaban J connectivity index is 1.32.